The number of carbonyl (C=O) groups excluding carboxylic acids is 1. The van der Waals surface area contributed by atoms with Crippen molar-refractivity contribution in [3.63, 3.8) is 0 Å². The average Bonchev–Trinajstić information content (AvgIpc) is 3.34. The maximum atomic E-state index is 12.8. The van der Waals surface area contributed by atoms with E-state index in [-0.39, 0.29) is 5.91 Å². The number of carbonyl (C=O) groups is 1. The molecule has 5 rings (SSSR count). The molecule has 0 radical (unpaired) electrons. The van der Waals surface area contributed by atoms with Gasteiger partial charge < -0.3 is 14.9 Å². The van der Waals surface area contributed by atoms with Gasteiger partial charge in [0.05, 0.1) is 22.1 Å². The number of nitrogens with zero attached hydrogens (tertiary/aromatic N) is 3. The second-order valence-corrected chi connectivity index (χ2v) is 7.12. The summed E-state index contributed by atoms with van der Waals surface area (Å²) < 4.78 is 27.7. The zero-order valence-corrected chi connectivity index (χ0v) is 15.0. The molecule has 1 saturated carbocycles. The van der Waals surface area contributed by atoms with Gasteiger partial charge in [-0.3, -0.25) is 4.79 Å². The summed E-state index contributed by atoms with van der Waals surface area (Å²) in [6.45, 7) is 0. The van der Waals surface area contributed by atoms with E-state index >= 15 is 0 Å². The van der Waals surface area contributed by atoms with Crippen LogP contribution in [0.4, 0.5) is 14.5 Å². The van der Waals surface area contributed by atoms with Crippen LogP contribution in [0, 0.1) is 0 Å². The zero-order valence-electron chi connectivity index (χ0n) is 15.0. The van der Waals surface area contributed by atoms with Crippen molar-refractivity contribution in [2.75, 3.05) is 5.32 Å². The van der Waals surface area contributed by atoms with Gasteiger partial charge in [-0.05, 0) is 49.2 Å². The number of hydrogen-bond donors (Lipinski definition) is 2. The van der Waals surface area contributed by atoms with Gasteiger partial charge in [-0.25, -0.2) is 18.7 Å². The number of imidazole rings is 2. The number of benzene rings is 2. The summed E-state index contributed by atoms with van der Waals surface area (Å²) in [5.74, 6) is 0.889. The molecular formula is C20H17F2N5O. The summed E-state index contributed by atoms with van der Waals surface area (Å²) in [5, 5.41) is 2.85. The number of anilines is 1. The van der Waals surface area contributed by atoms with Crippen LogP contribution in [-0.2, 0) is 7.05 Å². The van der Waals surface area contributed by atoms with Crippen molar-refractivity contribution < 1.29 is 13.6 Å². The second-order valence-electron chi connectivity index (χ2n) is 7.12. The lowest BCUT2D eigenvalue weighted by Gasteiger charge is -2.06. The third-order valence-electron chi connectivity index (χ3n) is 5.08. The third kappa shape index (κ3) is 2.81. The van der Waals surface area contributed by atoms with Gasteiger partial charge in [0.15, 0.2) is 5.82 Å². The molecule has 4 aromatic rings. The molecule has 1 fully saturated rings. The van der Waals surface area contributed by atoms with Crippen LogP contribution in [0.3, 0.4) is 0 Å². The Labute approximate surface area is 158 Å². The maximum Gasteiger partial charge on any atom is 0.295 e. The molecular weight excluding hydrogens is 364 g/mol. The van der Waals surface area contributed by atoms with Gasteiger partial charge in [-0.2, -0.15) is 0 Å². The number of H-pyrrole nitrogens is 1. The first-order chi connectivity index (χ1) is 13.5. The van der Waals surface area contributed by atoms with Crippen LogP contribution in [0.15, 0.2) is 36.4 Å². The van der Waals surface area contributed by atoms with E-state index in [1.807, 2.05) is 25.2 Å². The molecule has 0 bridgehead atoms. The molecule has 0 aliphatic heterocycles. The molecule has 0 spiro atoms. The highest BCUT2D eigenvalue weighted by atomic mass is 19.3. The minimum atomic E-state index is -2.68. The van der Waals surface area contributed by atoms with Crippen LogP contribution in [0.2, 0.25) is 0 Å². The van der Waals surface area contributed by atoms with Crippen LogP contribution in [0.1, 0.15) is 47.2 Å². The van der Waals surface area contributed by atoms with Crippen molar-refractivity contribution in [2.45, 2.75) is 25.2 Å². The fourth-order valence-corrected chi connectivity index (χ4v) is 3.48. The molecule has 1 amide bonds. The Morgan fingerprint density at radius 2 is 2.00 bits per heavy atom. The van der Waals surface area contributed by atoms with Crippen LogP contribution >= 0.6 is 0 Å². The molecule has 0 unspecified atom stereocenters. The van der Waals surface area contributed by atoms with Crippen molar-refractivity contribution in [3.05, 3.63) is 53.6 Å². The lowest BCUT2D eigenvalue weighted by molar-refractivity contribution is 0.102. The third-order valence-corrected chi connectivity index (χ3v) is 5.08. The Kier molecular flexibility index (Phi) is 3.68. The van der Waals surface area contributed by atoms with Gasteiger partial charge >= 0.3 is 0 Å². The Hall–Kier alpha value is -3.29. The Balaban J connectivity index is 1.42. The van der Waals surface area contributed by atoms with Crippen molar-refractivity contribution in [1.29, 1.82) is 0 Å². The molecule has 1 aliphatic carbocycles. The number of alkyl halides is 2. The molecule has 2 aromatic carbocycles. The lowest BCUT2D eigenvalue weighted by Crippen LogP contribution is -2.11. The number of hydrogen-bond acceptors (Lipinski definition) is 3. The molecule has 1 aliphatic rings. The van der Waals surface area contributed by atoms with Crippen LogP contribution in [0.5, 0.6) is 0 Å². The standard InChI is InChI=1S/C20H17F2N5O/c1-27-16-7-5-12(9-15(16)26-19(27)10-2-3-10)23-20(28)11-4-6-13-14(8-11)25-18(24-13)17(21)22/h4-10,17H,2-3H2,1H3,(H,23,28)(H,24,25). The smallest absolute Gasteiger partial charge is 0.295 e. The molecule has 2 N–H and O–H groups in total. The van der Waals surface area contributed by atoms with Crippen molar-refractivity contribution in [2.24, 2.45) is 7.05 Å². The molecule has 2 aromatic heterocycles. The zero-order chi connectivity index (χ0) is 19.4. The van der Waals surface area contributed by atoms with E-state index in [9.17, 15) is 13.6 Å². The highest BCUT2D eigenvalue weighted by Gasteiger charge is 2.28. The quantitative estimate of drug-likeness (QED) is 0.546. The number of aromatic nitrogens is 4. The minimum Gasteiger partial charge on any atom is -0.337 e. The summed E-state index contributed by atoms with van der Waals surface area (Å²) in [7, 11) is 2.01. The first-order valence-corrected chi connectivity index (χ1v) is 9.05. The van der Waals surface area contributed by atoms with Crippen molar-refractivity contribution in [1.82, 2.24) is 19.5 Å². The van der Waals surface area contributed by atoms with E-state index in [4.69, 9.17) is 4.98 Å². The van der Waals surface area contributed by atoms with E-state index in [2.05, 4.69) is 19.9 Å². The minimum absolute atomic E-state index is 0.326. The van der Waals surface area contributed by atoms with Crippen molar-refractivity contribution in [3.8, 4) is 0 Å². The number of nitrogens with one attached hydrogen (secondary N) is 2. The molecule has 0 atom stereocenters. The Morgan fingerprint density at radius 1 is 1.18 bits per heavy atom. The van der Waals surface area contributed by atoms with Gasteiger partial charge in [0, 0.05) is 24.2 Å². The monoisotopic (exact) mass is 381 g/mol. The van der Waals surface area contributed by atoms with Gasteiger partial charge in [-0.1, -0.05) is 0 Å². The average molecular weight is 381 g/mol. The Bertz CT molecular complexity index is 1220. The van der Waals surface area contributed by atoms with Crippen molar-refractivity contribution >= 4 is 33.7 Å². The highest BCUT2D eigenvalue weighted by molar-refractivity contribution is 6.06. The maximum absolute atomic E-state index is 12.8. The summed E-state index contributed by atoms with van der Waals surface area (Å²) in [5.41, 5.74) is 3.66. The fraction of sp³-hybridized carbons (Fsp3) is 0.250. The van der Waals surface area contributed by atoms with Crippen LogP contribution in [-0.4, -0.2) is 25.4 Å². The molecule has 142 valence electrons. The summed E-state index contributed by atoms with van der Waals surface area (Å²) >= 11 is 0. The molecule has 2 heterocycles. The largest absolute Gasteiger partial charge is 0.337 e. The van der Waals surface area contributed by atoms with Crippen LogP contribution < -0.4 is 5.32 Å². The first-order valence-electron chi connectivity index (χ1n) is 9.05. The van der Waals surface area contributed by atoms with E-state index in [1.54, 1.807) is 12.1 Å². The Morgan fingerprint density at radius 3 is 2.75 bits per heavy atom. The van der Waals surface area contributed by atoms with Gasteiger partial charge in [0.2, 0.25) is 0 Å². The predicted molar refractivity (Wildman–Crippen MR) is 102 cm³/mol. The van der Waals surface area contributed by atoms with E-state index in [1.165, 1.54) is 18.9 Å². The van der Waals surface area contributed by atoms with Gasteiger partial charge in [0.25, 0.3) is 12.3 Å². The predicted octanol–water partition coefficient (Wildman–Crippen LogP) is 4.52. The number of amides is 1. The van der Waals surface area contributed by atoms with E-state index < -0.39 is 12.2 Å². The fourth-order valence-electron chi connectivity index (χ4n) is 3.48. The van der Waals surface area contributed by atoms with Crippen LogP contribution in [0.25, 0.3) is 22.1 Å². The number of halogens is 2. The normalized spacial score (nSPS) is 14.3. The first kappa shape index (κ1) is 16.9. The molecule has 8 heteroatoms. The summed E-state index contributed by atoms with van der Waals surface area (Å²) in [6.07, 6.45) is -0.343. The summed E-state index contributed by atoms with van der Waals surface area (Å²) in [4.78, 5) is 23.7. The highest BCUT2D eigenvalue weighted by Crippen LogP contribution is 2.40. The topological polar surface area (TPSA) is 75.6 Å². The number of fused-ring (bicyclic) bond motifs is 2. The van der Waals surface area contributed by atoms with E-state index in [0.717, 1.165) is 16.9 Å². The second kappa shape index (κ2) is 6.12. The molecule has 6 nitrogen and oxygen atoms in total. The number of aryl methyl sites for hydroxylation is 1. The number of rotatable bonds is 4. The molecule has 0 saturated heterocycles. The number of aromatic amines is 1. The SMILES string of the molecule is Cn1c(C2CC2)nc2cc(NC(=O)c3ccc4nc(C(F)F)[nH]c4c3)ccc21. The summed E-state index contributed by atoms with van der Waals surface area (Å²) in [6, 6.07) is 10.3. The van der Waals surface area contributed by atoms with E-state index in [0.29, 0.717) is 28.2 Å². The lowest BCUT2D eigenvalue weighted by atomic mass is 10.2. The van der Waals surface area contributed by atoms with Gasteiger partial charge in [0.1, 0.15) is 5.82 Å². The molecule has 28 heavy (non-hydrogen) atoms. The van der Waals surface area contributed by atoms with Gasteiger partial charge in [-0.15, -0.1) is 0 Å².